The van der Waals surface area contributed by atoms with Crippen molar-refractivity contribution in [2.24, 2.45) is 11.8 Å². The second-order valence-corrected chi connectivity index (χ2v) is 16.3. The van der Waals surface area contributed by atoms with Gasteiger partial charge in [0.15, 0.2) is 22.4 Å². The van der Waals surface area contributed by atoms with Gasteiger partial charge in [-0.2, -0.15) is 0 Å². The number of hydrogen-bond donors (Lipinski definition) is 0. The smallest absolute Gasteiger partial charge is 0.328 e. The van der Waals surface area contributed by atoms with Crippen LogP contribution in [0.4, 0.5) is 0 Å². The van der Waals surface area contributed by atoms with Gasteiger partial charge >= 0.3 is 23.9 Å². The number of nitrogens with zero attached hydrogens (tertiary/aromatic N) is 2. The van der Waals surface area contributed by atoms with Crippen LogP contribution >= 0.6 is 0 Å². The molecule has 320 valence electrons. The number of methoxy groups -OCH3 is 4. The molecule has 0 amide bonds. The topological polar surface area (TPSA) is 149 Å². The first-order chi connectivity index (χ1) is 29.7. The minimum Gasteiger partial charge on any atom is -0.468 e. The Morgan fingerprint density at radius 2 is 0.855 bits per heavy atom. The summed E-state index contributed by atoms with van der Waals surface area (Å²) in [6.07, 6.45) is 3.74. The summed E-state index contributed by atoms with van der Waals surface area (Å²) in [4.78, 5) is 79.1. The molecule has 0 radical (unpaired) electrons. The van der Waals surface area contributed by atoms with E-state index < -0.39 is 46.5 Å². The van der Waals surface area contributed by atoms with E-state index in [1.165, 1.54) is 28.4 Å². The van der Waals surface area contributed by atoms with E-state index in [1.807, 2.05) is 108 Å². The Balaban J connectivity index is 0.000000186. The molecule has 62 heavy (non-hydrogen) atoms. The van der Waals surface area contributed by atoms with E-state index in [2.05, 4.69) is 0 Å². The van der Waals surface area contributed by atoms with Crippen molar-refractivity contribution in [1.82, 2.24) is 9.13 Å². The van der Waals surface area contributed by atoms with Crippen molar-refractivity contribution >= 4 is 57.2 Å². The van der Waals surface area contributed by atoms with E-state index in [-0.39, 0.29) is 24.4 Å². The average Bonchev–Trinajstić information content (AvgIpc) is 3.81. The Kier molecular flexibility index (Phi) is 11.8. The third-order valence-electron chi connectivity index (χ3n) is 12.8. The molecule has 8 rings (SSSR count). The number of ketones is 2. The van der Waals surface area contributed by atoms with E-state index in [1.54, 1.807) is 26.0 Å². The highest BCUT2D eigenvalue weighted by Crippen LogP contribution is 2.48. The predicted octanol–water partition coefficient (Wildman–Crippen LogP) is 7.61. The van der Waals surface area contributed by atoms with Crippen molar-refractivity contribution in [1.29, 1.82) is 0 Å². The largest absolute Gasteiger partial charge is 0.468 e. The number of ether oxygens (including phenoxy) is 4. The van der Waals surface area contributed by atoms with Crippen molar-refractivity contribution in [2.45, 2.75) is 64.5 Å². The molecule has 0 spiro atoms. The minimum absolute atomic E-state index is 0.0301. The number of hydrogen-bond acceptors (Lipinski definition) is 10. The summed E-state index contributed by atoms with van der Waals surface area (Å²) in [5, 5.41) is 1.25. The summed E-state index contributed by atoms with van der Waals surface area (Å²) in [5.41, 5.74) is 4.27. The zero-order chi connectivity index (χ0) is 44.7. The van der Waals surface area contributed by atoms with Crippen LogP contribution in [-0.2, 0) is 62.0 Å². The lowest BCUT2D eigenvalue weighted by Crippen LogP contribution is -2.50. The summed E-state index contributed by atoms with van der Waals surface area (Å²) in [7, 11) is 5.00. The van der Waals surface area contributed by atoms with E-state index in [0.29, 0.717) is 46.1 Å². The molecule has 2 aromatic heterocycles. The fourth-order valence-corrected chi connectivity index (χ4v) is 9.80. The molecule has 0 saturated heterocycles. The van der Waals surface area contributed by atoms with Crippen LogP contribution in [0.3, 0.4) is 0 Å². The fraction of sp³-hybridized carbons (Fsp3) is 0.320. The van der Waals surface area contributed by atoms with Crippen molar-refractivity contribution < 1.29 is 47.7 Å². The molecular weight excluding hydrogens is 789 g/mol. The Hall–Kier alpha value is -6.82. The standard InChI is InChI=1S/2C25H25NO5/c2*1-15-10-11-19-21-18(14-26(22(15)21)13-17-8-6-5-7-9-17)20(27)12-16(2)25(19,23(28)30-3)24(29)31-4/h2*5-11,14,16H,12-13H2,1-4H3/t2*16-/m00/s1. The number of carbonyl (C=O) groups is 6. The Bertz CT molecular complexity index is 2540. The van der Waals surface area contributed by atoms with Gasteiger partial charge in [-0.25, -0.2) is 0 Å². The lowest BCUT2D eigenvalue weighted by atomic mass is 9.69. The molecule has 2 aliphatic carbocycles. The number of aryl methyl sites for hydroxylation is 2. The molecular formula is C50H50N2O10. The summed E-state index contributed by atoms with van der Waals surface area (Å²) >= 11 is 0. The number of esters is 4. The highest BCUT2D eigenvalue weighted by Gasteiger charge is 2.58. The van der Waals surface area contributed by atoms with Gasteiger partial charge in [-0.15, -0.1) is 0 Å². The van der Waals surface area contributed by atoms with Gasteiger partial charge in [-0.1, -0.05) is 98.8 Å². The van der Waals surface area contributed by atoms with Crippen LogP contribution in [-0.4, -0.2) is 73.0 Å². The van der Waals surface area contributed by atoms with Crippen LogP contribution in [0.25, 0.3) is 21.8 Å². The predicted molar refractivity (Wildman–Crippen MR) is 232 cm³/mol. The van der Waals surface area contributed by atoms with E-state index in [9.17, 15) is 28.8 Å². The van der Waals surface area contributed by atoms with Gasteiger partial charge < -0.3 is 28.1 Å². The second-order valence-electron chi connectivity index (χ2n) is 16.3. The summed E-state index contributed by atoms with van der Waals surface area (Å²) in [6.45, 7) is 8.49. The van der Waals surface area contributed by atoms with Crippen LogP contribution in [0.5, 0.6) is 0 Å². The molecule has 2 atom stereocenters. The Labute approximate surface area is 359 Å². The highest BCUT2D eigenvalue weighted by molar-refractivity contribution is 6.19. The van der Waals surface area contributed by atoms with E-state index in [4.69, 9.17) is 18.9 Å². The number of rotatable bonds is 8. The molecule has 0 unspecified atom stereocenters. The van der Waals surface area contributed by atoms with Crippen molar-refractivity contribution in [3.8, 4) is 0 Å². The molecule has 2 aliphatic rings. The molecule has 4 aromatic carbocycles. The molecule has 0 fully saturated rings. The number of benzene rings is 4. The summed E-state index contributed by atoms with van der Waals surface area (Å²) in [6, 6.07) is 27.2. The molecule has 0 bridgehead atoms. The van der Waals surface area contributed by atoms with Gasteiger partial charge in [0.05, 0.1) is 39.5 Å². The summed E-state index contributed by atoms with van der Waals surface area (Å²) < 4.78 is 24.4. The Morgan fingerprint density at radius 3 is 1.16 bits per heavy atom. The van der Waals surface area contributed by atoms with Crippen molar-refractivity contribution in [3.05, 3.63) is 142 Å². The maximum Gasteiger partial charge on any atom is 0.328 e. The lowest BCUT2D eigenvalue weighted by Gasteiger charge is -2.33. The molecule has 0 aliphatic heterocycles. The molecule has 6 aromatic rings. The fourth-order valence-electron chi connectivity index (χ4n) is 9.80. The normalized spacial score (nSPS) is 17.3. The zero-order valence-corrected chi connectivity index (χ0v) is 36.2. The van der Waals surface area contributed by atoms with E-state index >= 15 is 0 Å². The molecule has 12 nitrogen and oxygen atoms in total. The third kappa shape index (κ3) is 6.68. The van der Waals surface area contributed by atoms with Gasteiger partial charge in [0, 0.05) is 60.2 Å². The van der Waals surface area contributed by atoms with E-state index in [0.717, 1.165) is 33.3 Å². The van der Waals surface area contributed by atoms with Crippen LogP contribution in [0, 0.1) is 25.7 Å². The average molecular weight is 839 g/mol. The van der Waals surface area contributed by atoms with Gasteiger partial charge in [0.25, 0.3) is 0 Å². The van der Waals surface area contributed by atoms with Crippen LogP contribution in [0.15, 0.2) is 97.3 Å². The van der Waals surface area contributed by atoms with Crippen molar-refractivity contribution in [2.75, 3.05) is 28.4 Å². The first-order valence-electron chi connectivity index (χ1n) is 20.5. The maximum absolute atomic E-state index is 13.3. The highest BCUT2D eigenvalue weighted by atomic mass is 16.6. The first kappa shape index (κ1) is 43.3. The van der Waals surface area contributed by atoms with Crippen LogP contribution < -0.4 is 0 Å². The quantitative estimate of drug-likeness (QED) is 0.0852. The first-order valence-corrected chi connectivity index (χ1v) is 20.5. The van der Waals surface area contributed by atoms with Gasteiger partial charge in [0.1, 0.15) is 0 Å². The maximum atomic E-state index is 13.3. The lowest BCUT2D eigenvalue weighted by molar-refractivity contribution is -0.166. The second kappa shape index (κ2) is 16.9. The molecule has 0 saturated carbocycles. The molecule has 2 heterocycles. The Morgan fingerprint density at radius 1 is 0.532 bits per heavy atom. The third-order valence-corrected chi connectivity index (χ3v) is 12.8. The number of aromatic nitrogens is 2. The van der Waals surface area contributed by atoms with Crippen LogP contribution in [0.1, 0.15) is 80.8 Å². The molecule has 12 heteroatoms. The van der Waals surface area contributed by atoms with Gasteiger partial charge in [0.2, 0.25) is 0 Å². The van der Waals surface area contributed by atoms with Crippen LogP contribution in [0.2, 0.25) is 0 Å². The van der Waals surface area contributed by atoms with Gasteiger partial charge in [-0.05, 0) is 59.1 Å². The molecule has 0 N–H and O–H groups in total. The zero-order valence-electron chi connectivity index (χ0n) is 36.2. The minimum atomic E-state index is -1.71. The monoisotopic (exact) mass is 838 g/mol. The number of Topliss-reactive ketones (excluding diaryl/α,β-unsaturated/α-hetero) is 2. The number of carbonyl (C=O) groups excluding carboxylic acids is 6. The summed E-state index contributed by atoms with van der Waals surface area (Å²) in [5.74, 6) is -4.32. The SMILES string of the molecule is COC(=O)C1(C(=O)OC)c2ccc(C)c3c2c(cn3Cc2ccccc2)C(=O)C[C@@H]1C.COC(=O)C1(C(=O)OC)c2ccc(C)c3c2c(cn3Cc2ccccc2)C(=O)C[C@@H]1C. The van der Waals surface area contributed by atoms with Gasteiger partial charge in [-0.3, -0.25) is 28.8 Å². The van der Waals surface area contributed by atoms with Crippen molar-refractivity contribution in [3.63, 3.8) is 0 Å².